The van der Waals surface area contributed by atoms with Crippen molar-refractivity contribution >= 4 is 11.8 Å². The van der Waals surface area contributed by atoms with Gasteiger partial charge in [-0.2, -0.15) is 0 Å². The van der Waals surface area contributed by atoms with Gasteiger partial charge in [-0.05, 0) is 30.5 Å². The average Bonchev–Trinajstić information content (AvgIpc) is 2.40. The molecule has 0 saturated heterocycles. The third-order valence-electron chi connectivity index (χ3n) is 3.01. The van der Waals surface area contributed by atoms with Gasteiger partial charge in [-0.3, -0.25) is 0 Å². The van der Waals surface area contributed by atoms with Crippen LogP contribution in [0.25, 0.3) is 0 Å². The van der Waals surface area contributed by atoms with E-state index < -0.39 is 0 Å². The standard InChI is InChI=1S/C16H18OS/c1-12-7-6-8-13(2)16(12)18-15(11-17)14-9-4-3-5-10-14/h3-10,15,17H,11H2,1-2H3/t15-/m1/s1. The first-order chi connectivity index (χ1) is 8.72. The van der Waals surface area contributed by atoms with Crippen molar-refractivity contribution in [3.05, 3.63) is 65.2 Å². The van der Waals surface area contributed by atoms with Crippen molar-refractivity contribution < 1.29 is 5.11 Å². The Hall–Kier alpha value is -1.25. The summed E-state index contributed by atoms with van der Waals surface area (Å²) < 4.78 is 0. The van der Waals surface area contributed by atoms with Crippen molar-refractivity contribution in [3.8, 4) is 0 Å². The van der Waals surface area contributed by atoms with E-state index in [1.165, 1.54) is 21.6 Å². The van der Waals surface area contributed by atoms with Crippen LogP contribution in [0, 0.1) is 13.8 Å². The molecule has 1 N–H and O–H groups in total. The van der Waals surface area contributed by atoms with E-state index in [2.05, 4.69) is 44.2 Å². The molecular formula is C16H18OS. The van der Waals surface area contributed by atoms with Gasteiger partial charge in [-0.15, -0.1) is 11.8 Å². The van der Waals surface area contributed by atoms with Gasteiger partial charge in [-0.1, -0.05) is 48.5 Å². The van der Waals surface area contributed by atoms with Gasteiger partial charge in [0.25, 0.3) is 0 Å². The van der Waals surface area contributed by atoms with Crippen LogP contribution in [0.5, 0.6) is 0 Å². The molecule has 2 rings (SSSR count). The van der Waals surface area contributed by atoms with E-state index in [0.717, 1.165) is 0 Å². The SMILES string of the molecule is Cc1cccc(C)c1S[C@H](CO)c1ccccc1. The van der Waals surface area contributed by atoms with Crippen LogP contribution in [0.2, 0.25) is 0 Å². The molecule has 0 aliphatic carbocycles. The zero-order chi connectivity index (χ0) is 13.0. The van der Waals surface area contributed by atoms with Gasteiger partial charge in [0.05, 0.1) is 11.9 Å². The maximum Gasteiger partial charge on any atom is 0.0594 e. The quantitative estimate of drug-likeness (QED) is 0.832. The molecule has 0 radical (unpaired) electrons. The largest absolute Gasteiger partial charge is 0.395 e. The molecule has 0 aliphatic rings. The van der Waals surface area contributed by atoms with Crippen molar-refractivity contribution in [2.24, 2.45) is 0 Å². The topological polar surface area (TPSA) is 20.2 Å². The highest BCUT2D eigenvalue weighted by Gasteiger charge is 2.14. The van der Waals surface area contributed by atoms with Crippen LogP contribution in [0.3, 0.4) is 0 Å². The van der Waals surface area contributed by atoms with Crippen molar-refractivity contribution in [3.63, 3.8) is 0 Å². The summed E-state index contributed by atoms with van der Waals surface area (Å²) in [5.41, 5.74) is 3.72. The number of thioether (sulfide) groups is 1. The lowest BCUT2D eigenvalue weighted by atomic mass is 10.1. The molecule has 2 aromatic rings. The summed E-state index contributed by atoms with van der Waals surface area (Å²) in [5, 5.41) is 9.70. The Bertz CT molecular complexity index is 488. The molecule has 0 saturated carbocycles. The summed E-state index contributed by atoms with van der Waals surface area (Å²) >= 11 is 1.75. The number of hydrogen-bond acceptors (Lipinski definition) is 2. The Morgan fingerprint density at radius 3 is 2.11 bits per heavy atom. The van der Waals surface area contributed by atoms with Crippen LogP contribution in [0.4, 0.5) is 0 Å². The minimum atomic E-state index is 0.103. The zero-order valence-electron chi connectivity index (χ0n) is 10.8. The van der Waals surface area contributed by atoms with Gasteiger partial charge in [0.1, 0.15) is 0 Å². The third kappa shape index (κ3) is 2.95. The zero-order valence-corrected chi connectivity index (χ0v) is 11.6. The first-order valence-electron chi connectivity index (χ1n) is 6.11. The van der Waals surface area contributed by atoms with Gasteiger partial charge in [-0.25, -0.2) is 0 Å². The molecule has 1 nitrogen and oxygen atoms in total. The van der Waals surface area contributed by atoms with E-state index in [0.29, 0.717) is 0 Å². The van der Waals surface area contributed by atoms with E-state index in [1.807, 2.05) is 18.2 Å². The monoisotopic (exact) mass is 258 g/mol. The summed E-state index contributed by atoms with van der Waals surface area (Å²) in [6, 6.07) is 16.5. The molecule has 0 heterocycles. The number of aliphatic hydroxyl groups excluding tert-OH is 1. The van der Waals surface area contributed by atoms with Crippen LogP contribution >= 0.6 is 11.8 Å². The van der Waals surface area contributed by atoms with Crippen molar-refractivity contribution in [2.45, 2.75) is 24.0 Å². The smallest absolute Gasteiger partial charge is 0.0594 e. The Morgan fingerprint density at radius 1 is 0.944 bits per heavy atom. The van der Waals surface area contributed by atoms with Gasteiger partial charge in [0.15, 0.2) is 0 Å². The molecule has 2 aromatic carbocycles. The molecule has 0 spiro atoms. The Kier molecular flexibility index (Phi) is 4.45. The first-order valence-corrected chi connectivity index (χ1v) is 6.99. The first kappa shape index (κ1) is 13.2. The van der Waals surface area contributed by atoms with E-state index >= 15 is 0 Å². The predicted octanol–water partition coefficient (Wildman–Crippen LogP) is 4.13. The molecular weight excluding hydrogens is 240 g/mol. The minimum Gasteiger partial charge on any atom is -0.395 e. The molecule has 1 atom stereocenters. The van der Waals surface area contributed by atoms with E-state index in [9.17, 15) is 5.11 Å². The lowest BCUT2D eigenvalue weighted by molar-refractivity contribution is 0.296. The van der Waals surface area contributed by atoms with Gasteiger partial charge >= 0.3 is 0 Å². The predicted molar refractivity (Wildman–Crippen MR) is 78.0 cm³/mol. The fourth-order valence-corrected chi connectivity index (χ4v) is 3.17. The van der Waals surface area contributed by atoms with Crippen LogP contribution < -0.4 is 0 Å². The fourth-order valence-electron chi connectivity index (χ4n) is 2.01. The lowest BCUT2D eigenvalue weighted by Gasteiger charge is -2.17. The molecule has 2 heteroatoms. The van der Waals surface area contributed by atoms with Crippen LogP contribution in [-0.2, 0) is 0 Å². The normalized spacial score (nSPS) is 12.4. The Labute approximate surface area is 113 Å². The molecule has 0 bridgehead atoms. The van der Waals surface area contributed by atoms with Crippen LogP contribution in [0.15, 0.2) is 53.4 Å². The summed E-state index contributed by atoms with van der Waals surface area (Å²) in [6.45, 7) is 4.39. The van der Waals surface area contributed by atoms with Crippen LogP contribution in [-0.4, -0.2) is 11.7 Å². The van der Waals surface area contributed by atoms with Crippen molar-refractivity contribution in [2.75, 3.05) is 6.61 Å². The molecule has 0 aromatic heterocycles. The highest BCUT2D eigenvalue weighted by atomic mass is 32.2. The number of rotatable bonds is 4. The molecule has 0 aliphatic heterocycles. The second-order valence-electron chi connectivity index (χ2n) is 4.42. The van der Waals surface area contributed by atoms with Crippen molar-refractivity contribution in [1.82, 2.24) is 0 Å². The highest BCUT2D eigenvalue weighted by Crippen LogP contribution is 2.38. The number of aryl methyl sites for hydroxylation is 2. The summed E-state index contributed by atoms with van der Waals surface area (Å²) in [4.78, 5) is 1.28. The maximum atomic E-state index is 9.60. The summed E-state index contributed by atoms with van der Waals surface area (Å²) in [7, 11) is 0. The number of benzene rings is 2. The average molecular weight is 258 g/mol. The molecule has 0 amide bonds. The number of aliphatic hydroxyl groups is 1. The minimum absolute atomic E-state index is 0.103. The number of hydrogen-bond donors (Lipinski definition) is 1. The Morgan fingerprint density at radius 2 is 1.56 bits per heavy atom. The maximum absolute atomic E-state index is 9.60. The van der Waals surface area contributed by atoms with E-state index in [-0.39, 0.29) is 11.9 Å². The van der Waals surface area contributed by atoms with E-state index in [1.54, 1.807) is 11.8 Å². The van der Waals surface area contributed by atoms with Gasteiger partial charge in [0.2, 0.25) is 0 Å². The molecule has 0 fully saturated rings. The second kappa shape index (κ2) is 6.07. The lowest BCUT2D eigenvalue weighted by Crippen LogP contribution is -2.00. The van der Waals surface area contributed by atoms with Crippen LogP contribution in [0.1, 0.15) is 21.9 Å². The Balaban J connectivity index is 2.26. The highest BCUT2D eigenvalue weighted by molar-refractivity contribution is 7.99. The van der Waals surface area contributed by atoms with Gasteiger partial charge < -0.3 is 5.11 Å². The molecule has 94 valence electrons. The molecule has 18 heavy (non-hydrogen) atoms. The molecule has 0 unspecified atom stereocenters. The third-order valence-corrected chi connectivity index (χ3v) is 4.59. The van der Waals surface area contributed by atoms with Crippen molar-refractivity contribution in [1.29, 1.82) is 0 Å². The fraction of sp³-hybridized carbons (Fsp3) is 0.250. The summed E-state index contributed by atoms with van der Waals surface area (Å²) in [6.07, 6.45) is 0. The second-order valence-corrected chi connectivity index (χ2v) is 5.63. The van der Waals surface area contributed by atoms with Gasteiger partial charge in [0, 0.05) is 4.90 Å². The van der Waals surface area contributed by atoms with E-state index in [4.69, 9.17) is 0 Å². The summed E-state index contributed by atoms with van der Waals surface area (Å²) in [5.74, 6) is 0.